The Hall–Kier alpha value is -1.36. The molecule has 0 radical (unpaired) electrons. The van der Waals surface area contributed by atoms with Crippen LogP contribution < -0.4 is 10.6 Å². The minimum Gasteiger partial charge on any atom is -0.317 e. The van der Waals surface area contributed by atoms with Crippen LogP contribution in [-0.4, -0.2) is 29.2 Å². The number of nitrogens with zero attached hydrogens (tertiary/aromatic N) is 1. The molecule has 0 aromatic carbocycles. The Labute approximate surface area is 95.0 Å². The maximum atomic E-state index is 11.9. The van der Waals surface area contributed by atoms with E-state index in [0.29, 0.717) is 5.82 Å². The number of aromatic nitrogens is 2. The average molecular weight is 222 g/mol. The van der Waals surface area contributed by atoms with E-state index >= 15 is 0 Å². The smallest absolute Gasteiger partial charge is 0.228 e. The molecule has 1 aliphatic heterocycles. The summed E-state index contributed by atoms with van der Waals surface area (Å²) in [6.07, 6.45) is 1.82. The molecule has 16 heavy (non-hydrogen) atoms. The maximum absolute atomic E-state index is 11.9. The number of carbonyl (C=O) groups is 1. The Kier molecular flexibility index (Phi) is 3.24. The normalized spacial score (nSPS) is 17.4. The molecule has 0 atom stereocenters. The summed E-state index contributed by atoms with van der Waals surface area (Å²) >= 11 is 0. The lowest BCUT2D eigenvalue weighted by Crippen LogP contribution is -2.34. The molecule has 5 heteroatoms. The minimum absolute atomic E-state index is 0.0936. The highest BCUT2D eigenvalue weighted by Gasteiger charge is 2.22. The summed E-state index contributed by atoms with van der Waals surface area (Å²) in [5.41, 5.74) is 2.02. The number of aromatic amines is 1. The van der Waals surface area contributed by atoms with Gasteiger partial charge in [0.25, 0.3) is 0 Å². The molecule has 0 aliphatic carbocycles. The van der Waals surface area contributed by atoms with Crippen molar-refractivity contribution >= 4 is 11.7 Å². The molecule has 1 amide bonds. The van der Waals surface area contributed by atoms with Crippen molar-refractivity contribution in [2.45, 2.75) is 26.7 Å². The monoisotopic (exact) mass is 222 g/mol. The lowest BCUT2D eigenvalue weighted by atomic mass is 9.97. The van der Waals surface area contributed by atoms with Crippen molar-refractivity contribution in [1.82, 2.24) is 15.5 Å². The molecule has 0 bridgehead atoms. The van der Waals surface area contributed by atoms with Gasteiger partial charge in [-0.05, 0) is 39.8 Å². The van der Waals surface area contributed by atoms with E-state index in [4.69, 9.17) is 0 Å². The first-order chi connectivity index (χ1) is 7.68. The first-order valence-electron chi connectivity index (χ1n) is 5.71. The second kappa shape index (κ2) is 4.65. The van der Waals surface area contributed by atoms with E-state index in [9.17, 15) is 4.79 Å². The van der Waals surface area contributed by atoms with Gasteiger partial charge in [0.15, 0.2) is 5.82 Å². The predicted octanol–water partition coefficient (Wildman–Crippen LogP) is 0.965. The van der Waals surface area contributed by atoms with E-state index in [1.54, 1.807) is 0 Å². The van der Waals surface area contributed by atoms with Crippen LogP contribution in [0.4, 0.5) is 5.82 Å². The van der Waals surface area contributed by atoms with Crippen LogP contribution in [-0.2, 0) is 4.79 Å². The molecule has 2 rings (SSSR count). The van der Waals surface area contributed by atoms with Crippen molar-refractivity contribution in [3.63, 3.8) is 0 Å². The highest BCUT2D eigenvalue weighted by Crippen LogP contribution is 2.18. The fraction of sp³-hybridized carbons (Fsp3) is 0.636. The molecule has 0 spiro atoms. The Morgan fingerprint density at radius 2 is 2.06 bits per heavy atom. The van der Waals surface area contributed by atoms with E-state index in [-0.39, 0.29) is 11.8 Å². The van der Waals surface area contributed by atoms with Gasteiger partial charge in [0, 0.05) is 17.2 Å². The van der Waals surface area contributed by atoms with Crippen LogP contribution in [0, 0.1) is 19.8 Å². The van der Waals surface area contributed by atoms with Gasteiger partial charge in [-0.3, -0.25) is 9.89 Å². The van der Waals surface area contributed by atoms with E-state index in [1.807, 2.05) is 13.8 Å². The Balaban J connectivity index is 1.98. The number of rotatable bonds is 2. The van der Waals surface area contributed by atoms with Crippen molar-refractivity contribution < 1.29 is 4.79 Å². The van der Waals surface area contributed by atoms with Crippen LogP contribution >= 0.6 is 0 Å². The van der Waals surface area contributed by atoms with Crippen molar-refractivity contribution in [1.29, 1.82) is 0 Å². The van der Waals surface area contributed by atoms with Crippen LogP contribution in [0.2, 0.25) is 0 Å². The van der Waals surface area contributed by atoms with E-state index < -0.39 is 0 Å². The van der Waals surface area contributed by atoms with E-state index in [2.05, 4.69) is 20.8 Å². The highest BCUT2D eigenvalue weighted by molar-refractivity contribution is 5.92. The molecular weight excluding hydrogens is 204 g/mol. The number of anilines is 1. The zero-order valence-corrected chi connectivity index (χ0v) is 9.76. The number of amides is 1. The molecule has 3 N–H and O–H groups in total. The number of hydrogen-bond donors (Lipinski definition) is 3. The highest BCUT2D eigenvalue weighted by atomic mass is 16.2. The van der Waals surface area contributed by atoms with Gasteiger partial charge in [-0.25, -0.2) is 0 Å². The molecule has 1 saturated heterocycles. The number of nitrogens with one attached hydrogen (secondary N) is 3. The maximum Gasteiger partial charge on any atom is 0.228 e. The molecule has 88 valence electrons. The Morgan fingerprint density at radius 3 is 2.62 bits per heavy atom. The van der Waals surface area contributed by atoms with Crippen LogP contribution in [0.15, 0.2) is 0 Å². The lowest BCUT2D eigenvalue weighted by molar-refractivity contribution is -0.120. The van der Waals surface area contributed by atoms with Gasteiger partial charge in [-0.2, -0.15) is 5.10 Å². The molecular formula is C11H18N4O. The van der Waals surface area contributed by atoms with Crippen LogP contribution in [0.1, 0.15) is 24.1 Å². The average Bonchev–Trinajstić information content (AvgIpc) is 2.62. The standard InChI is InChI=1S/C11H18N4O/c1-7-8(2)14-15-10(7)13-11(16)9-3-5-12-6-4-9/h9,12H,3-6H2,1-2H3,(H2,13,14,15,16). The Morgan fingerprint density at radius 1 is 1.38 bits per heavy atom. The zero-order valence-electron chi connectivity index (χ0n) is 9.76. The van der Waals surface area contributed by atoms with Gasteiger partial charge in [0.2, 0.25) is 5.91 Å². The fourth-order valence-corrected chi connectivity index (χ4v) is 1.91. The summed E-state index contributed by atoms with van der Waals surface area (Å²) in [6, 6.07) is 0. The Bertz CT molecular complexity index is 379. The lowest BCUT2D eigenvalue weighted by Gasteiger charge is -2.21. The van der Waals surface area contributed by atoms with Gasteiger partial charge in [-0.1, -0.05) is 0 Å². The van der Waals surface area contributed by atoms with Crippen molar-refractivity contribution in [2.75, 3.05) is 18.4 Å². The molecule has 0 unspecified atom stereocenters. The number of aryl methyl sites for hydroxylation is 1. The first kappa shape index (κ1) is 11.1. The van der Waals surface area contributed by atoms with Crippen molar-refractivity contribution in [3.8, 4) is 0 Å². The SMILES string of the molecule is Cc1[nH]nc(NC(=O)C2CCNCC2)c1C. The summed E-state index contributed by atoms with van der Waals surface area (Å²) < 4.78 is 0. The number of H-pyrrole nitrogens is 1. The summed E-state index contributed by atoms with van der Waals surface area (Å²) in [5, 5.41) is 13.1. The molecule has 5 nitrogen and oxygen atoms in total. The van der Waals surface area contributed by atoms with Crippen LogP contribution in [0.5, 0.6) is 0 Å². The molecule has 1 aromatic rings. The van der Waals surface area contributed by atoms with Gasteiger partial charge >= 0.3 is 0 Å². The first-order valence-corrected chi connectivity index (χ1v) is 5.71. The van der Waals surface area contributed by atoms with E-state index in [0.717, 1.165) is 37.2 Å². The third-order valence-electron chi connectivity index (χ3n) is 3.20. The summed E-state index contributed by atoms with van der Waals surface area (Å²) in [4.78, 5) is 11.9. The summed E-state index contributed by atoms with van der Waals surface area (Å²) in [6.45, 7) is 5.76. The number of piperidine rings is 1. The summed E-state index contributed by atoms with van der Waals surface area (Å²) in [5.74, 6) is 0.884. The number of hydrogen-bond acceptors (Lipinski definition) is 3. The van der Waals surface area contributed by atoms with Crippen LogP contribution in [0.3, 0.4) is 0 Å². The van der Waals surface area contributed by atoms with Gasteiger partial charge in [-0.15, -0.1) is 0 Å². The van der Waals surface area contributed by atoms with E-state index in [1.165, 1.54) is 0 Å². The van der Waals surface area contributed by atoms with Gasteiger partial charge < -0.3 is 10.6 Å². The molecule has 1 fully saturated rings. The zero-order chi connectivity index (χ0) is 11.5. The molecule has 2 heterocycles. The quantitative estimate of drug-likeness (QED) is 0.698. The molecule has 1 aromatic heterocycles. The topological polar surface area (TPSA) is 69.8 Å². The van der Waals surface area contributed by atoms with Crippen LogP contribution in [0.25, 0.3) is 0 Å². The predicted molar refractivity (Wildman–Crippen MR) is 62.3 cm³/mol. The largest absolute Gasteiger partial charge is 0.317 e. The van der Waals surface area contributed by atoms with Crippen molar-refractivity contribution in [3.05, 3.63) is 11.3 Å². The van der Waals surface area contributed by atoms with Gasteiger partial charge in [0.1, 0.15) is 0 Å². The molecule has 0 saturated carbocycles. The third kappa shape index (κ3) is 2.24. The minimum atomic E-state index is 0.0936. The summed E-state index contributed by atoms with van der Waals surface area (Å²) in [7, 11) is 0. The third-order valence-corrected chi connectivity index (χ3v) is 3.20. The fourth-order valence-electron chi connectivity index (χ4n) is 1.91. The van der Waals surface area contributed by atoms with Gasteiger partial charge in [0.05, 0.1) is 0 Å². The second-order valence-corrected chi connectivity index (χ2v) is 4.34. The second-order valence-electron chi connectivity index (χ2n) is 4.34. The number of carbonyl (C=O) groups excluding carboxylic acids is 1. The van der Waals surface area contributed by atoms with Crippen molar-refractivity contribution in [2.24, 2.45) is 5.92 Å². The molecule has 1 aliphatic rings.